The molecule has 2 aromatic carbocycles. The maximum atomic E-state index is 13.5. The van der Waals surface area contributed by atoms with Crippen LogP contribution in [0.2, 0.25) is 5.02 Å². The lowest BCUT2D eigenvalue weighted by molar-refractivity contribution is -0.385. The van der Waals surface area contributed by atoms with Crippen LogP contribution in [0, 0.1) is 10.1 Å². The molecule has 35 heavy (non-hydrogen) atoms. The molecule has 174 valence electrons. The largest absolute Gasteiger partial charge is 0.328 e. The van der Waals surface area contributed by atoms with Gasteiger partial charge in [0.25, 0.3) is 11.6 Å². The fourth-order valence-corrected chi connectivity index (χ4v) is 4.09. The Hall–Kier alpha value is -4.57. The highest BCUT2D eigenvalue weighted by Gasteiger charge is 2.37. The quantitative estimate of drug-likeness (QED) is 0.305. The summed E-state index contributed by atoms with van der Waals surface area (Å²) in [6, 6.07) is 17.5. The molecule has 0 saturated carbocycles. The number of amides is 1. The van der Waals surface area contributed by atoms with Gasteiger partial charge in [0.1, 0.15) is 11.9 Å². The zero-order valence-corrected chi connectivity index (χ0v) is 19.1. The third kappa shape index (κ3) is 4.22. The van der Waals surface area contributed by atoms with Gasteiger partial charge in [0, 0.05) is 28.5 Å². The lowest BCUT2D eigenvalue weighted by atomic mass is 9.94. The second-order valence-electron chi connectivity index (χ2n) is 7.76. The second kappa shape index (κ2) is 8.99. The molecule has 3 heterocycles. The van der Waals surface area contributed by atoms with Crippen LogP contribution < -0.4 is 10.6 Å². The number of pyridine rings is 1. The van der Waals surface area contributed by atoms with Gasteiger partial charge in [-0.25, -0.2) is 9.67 Å². The van der Waals surface area contributed by atoms with Crippen LogP contribution in [0.3, 0.4) is 0 Å². The van der Waals surface area contributed by atoms with E-state index >= 15 is 0 Å². The maximum Gasteiger partial charge on any atom is 0.275 e. The molecule has 1 aliphatic heterocycles. The van der Waals surface area contributed by atoms with E-state index in [0.717, 1.165) is 0 Å². The molecule has 2 aromatic heterocycles. The fraction of sp³-hybridized carbons (Fsp3) is 0.0833. The van der Waals surface area contributed by atoms with E-state index in [1.165, 1.54) is 10.7 Å². The number of hydrogen-bond donors (Lipinski definition) is 2. The summed E-state index contributed by atoms with van der Waals surface area (Å²) in [6.07, 6.45) is 1.56. The van der Waals surface area contributed by atoms with Gasteiger partial charge in [-0.3, -0.25) is 14.9 Å². The Labute approximate surface area is 204 Å². The molecule has 0 saturated heterocycles. The highest BCUT2D eigenvalue weighted by atomic mass is 35.5. The molecule has 10 nitrogen and oxygen atoms in total. The summed E-state index contributed by atoms with van der Waals surface area (Å²) in [5.74, 6) is 0.619. The SMILES string of the molecule is CC1=C(C(=O)Nc2ccccn2)C(c2ccccc2[N+](=O)[O-])n2nc(-c3ccc(Cl)cc3)nc2N1. The minimum atomic E-state index is -0.912. The lowest BCUT2D eigenvalue weighted by Gasteiger charge is -2.28. The first-order valence-corrected chi connectivity index (χ1v) is 11.0. The van der Waals surface area contributed by atoms with Gasteiger partial charge in [-0.2, -0.15) is 4.98 Å². The van der Waals surface area contributed by atoms with Crippen LogP contribution in [-0.4, -0.2) is 30.6 Å². The van der Waals surface area contributed by atoms with E-state index in [1.807, 2.05) is 0 Å². The summed E-state index contributed by atoms with van der Waals surface area (Å²) in [5, 5.41) is 23.0. The first-order chi connectivity index (χ1) is 16.9. The summed E-state index contributed by atoms with van der Waals surface area (Å²) in [7, 11) is 0. The molecule has 1 amide bonds. The third-order valence-electron chi connectivity index (χ3n) is 5.53. The highest BCUT2D eigenvalue weighted by molar-refractivity contribution is 6.30. The Morgan fingerprint density at radius 2 is 1.86 bits per heavy atom. The van der Waals surface area contributed by atoms with Crippen LogP contribution >= 0.6 is 11.6 Å². The minimum absolute atomic E-state index is 0.134. The predicted molar refractivity (Wildman–Crippen MR) is 131 cm³/mol. The molecule has 4 aromatic rings. The van der Waals surface area contributed by atoms with Crippen molar-refractivity contribution in [3.63, 3.8) is 0 Å². The summed E-state index contributed by atoms with van der Waals surface area (Å²) in [4.78, 5) is 33.6. The van der Waals surface area contributed by atoms with Crippen molar-refractivity contribution in [2.75, 3.05) is 10.6 Å². The maximum absolute atomic E-state index is 13.5. The molecule has 1 unspecified atom stereocenters. The van der Waals surface area contributed by atoms with Gasteiger partial charge in [-0.15, -0.1) is 5.10 Å². The zero-order chi connectivity index (χ0) is 24.5. The van der Waals surface area contributed by atoms with Crippen molar-refractivity contribution in [3.05, 3.63) is 105 Å². The Morgan fingerprint density at radius 1 is 1.11 bits per heavy atom. The number of carbonyl (C=O) groups excluding carboxylic acids is 1. The van der Waals surface area contributed by atoms with Gasteiger partial charge in [-0.05, 0) is 49.4 Å². The Kier molecular flexibility index (Phi) is 5.71. The van der Waals surface area contributed by atoms with Gasteiger partial charge >= 0.3 is 0 Å². The average Bonchev–Trinajstić information content (AvgIpc) is 3.27. The predicted octanol–water partition coefficient (Wildman–Crippen LogP) is 4.83. The van der Waals surface area contributed by atoms with E-state index in [0.29, 0.717) is 39.4 Å². The molecular weight excluding hydrogens is 470 g/mol. The van der Waals surface area contributed by atoms with Gasteiger partial charge < -0.3 is 10.6 Å². The van der Waals surface area contributed by atoms with Crippen molar-refractivity contribution >= 4 is 35.0 Å². The number of halogens is 1. The number of nitrogens with zero attached hydrogens (tertiary/aromatic N) is 5. The molecule has 0 aliphatic carbocycles. The first-order valence-electron chi connectivity index (χ1n) is 10.6. The standard InChI is InChI=1S/C24H18ClN7O3/c1-14-20(23(33)28-19-8-4-5-13-26-19)21(17-6-2-3-7-18(17)32(34)35)31-24(27-14)29-22(30-31)15-9-11-16(25)12-10-15/h2-13,21H,1H3,(H,26,28,33)(H,27,29,30). The Bertz CT molecular complexity index is 1470. The van der Waals surface area contributed by atoms with Gasteiger partial charge in [0.2, 0.25) is 5.95 Å². The molecular formula is C24H18ClN7O3. The zero-order valence-electron chi connectivity index (χ0n) is 18.3. The number of hydrogen-bond acceptors (Lipinski definition) is 7. The number of nitro groups is 1. The number of anilines is 2. The number of nitrogens with one attached hydrogen (secondary N) is 2. The van der Waals surface area contributed by atoms with Crippen molar-refractivity contribution in [3.8, 4) is 11.4 Å². The molecule has 1 atom stereocenters. The molecule has 0 spiro atoms. The smallest absolute Gasteiger partial charge is 0.275 e. The van der Waals surface area contributed by atoms with Gasteiger partial charge in [-0.1, -0.05) is 29.8 Å². The molecule has 2 N–H and O–H groups in total. The van der Waals surface area contributed by atoms with Crippen molar-refractivity contribution in [1.82, 2.24) is 19.7 Å². The van der Waals surface area contributed by atoms with Crippen molar-refractivity contribution in [2.45, 2.75) is 13.0 Å². The summed E-state index contributed by atoms with van der Waals surface area (Å²) < 4.78 is 1.49. The van der Waals surface area contributed by atoms with Crippen molar-refractivity contribution < 1.29 is 9.72 Å². The van der Waals surface area contributed by atoms with E-state index < -0.39 is 16.9 Å². The number of benzene rings is 2. The van der Waals surface area contributed by atoms with Gasteiger partial charge in [0.05, 0.1) is 16.1 Å². The Morgan fingerprint density at radius 3 is 2.57 bits per heavy atom. The summed E-state index contributed by atoms with van der Waals surface area (Å²) >= 11 is 6.01. The second-order valence-corrected chi connectivity index (χ2v) is 8.20. The fourth-order valence-electron chi connectivity index (χ4n) is 3.96. The molecule has 0 fully saturated rings. The van der Waals surface area contributed by atoms with Crippen LogP contribution in [0.5, 0.6) is 0 Å². The number of aromatic nitrogens is 4. The highest BCUT2D eigenvalue weighted by Crippen LogP contribution is 2.40. The van der Waals surface area contributed by atoms with Gasteiger partial charge in [0.15, 0.2) is 5.82 Å². The van der Waals surface area contributed by atoms with Crippen LogP contribution in [0.4, 0.5) is 17.5 Å². The molecule has 0 radical (unpaired) electrons. The van der Waals surface area contributed by atoms with Crippen LogP contribution in [0.15, 0.2) is 84.2 Å². The first kappa shape index (κ1) is 22.2. The average molecular weight is 488 g/mol. The monoisotopic (exact) mass is 487 g/mol. The summed E-state index contributed by atoms with van der Waals surface area (Å²) in [5.41, 5.74) is 1.62. The minimum Gasteiger partial charge on any atom is -0.328 e. The number of rotatable bonds is 5. The van der Waals surface area contributed by atoms with E-state index in [4.69, 9.17) is 11.6 Å². The van der Waals surface area contributed by atoms with E-state index in [9.17, 15) is 14.9 Å². The number of nitro benzene ring substituents is 1. The van der Waals surface area contributed by atoms with Crippen LogP contribution in [-0.2, 0) is 4.79 Å². The van der Waals surface area contributed by atoms with E-state index in [2.05, 4.69) is 25.7 Å². The van der Waals surface area contributed by atoms with Crippen molar-refractivity contribution in [2.24, 2.45) is 0 Å². The molecule has 1 aliphatic rings. The lowest BCUT2D eigenvalue weighted by Crippen LogP contribution is -2.32. The molecule has 0 bridgehead atoms. The topological polar surface area (TPSA) is 128 Å². The van der Waals surface area contributed by atoms with E-state index in [-0.39, 0.29) is 11.3 Å². The number of fused-ring (bicyclic) bond motifs is 1. The molecule has 11 heteroatoms. The van der Waals surface area contributed by atoms with Crippen LogP contribution in [0.25, 0.3) is 11.4 Å². The number of carbonyl (C=O) groups is 1. The van der Waals surface area contributed by atoms with Crippen LogP contribution in [0.1, 0.15) is 18.5 Å². The Balaban J connectivity index is 1.66. The number of allylic oxidation sites excluding steroid dienone is 1. The van der Waals surface area contributed by atoms with E-state index in [1.54, 1.807) is 73.8 Å². The normalized spacial score (nSPS) is 14.7. The third-order valence-corrected chi connectivity index (χ3v) is 5.79. The molecule has 5 rings (SSSR count). The number of para-hydroxylation sites is 1. The van der Waals surface area contributed by atoms with Crippen molar-refractivity contribution in [1.29, 1.82) is 0 Å². The summed E-state index contributed by atoms with van der Waals surface area (Å²) in [6.45, 7) is 1.72.